The molecule has 0 N–H and O–H groups in total. The number of aromatic nitrogens is 1. The third-order valence-corrected chi connectivity index (χ3v) is 2.63. The van der Waals surface area contributed by atoms with Gasteiger partial charge in [0.2, 0.25) is 0 Å². The third-order valence-electron chi connectivity index (χ3n) is 2.14. The standard InChI is InChI=1S/C13H17BrF2N2O2/c1-13(2,3)20-12(19)18(8-11(15)16)7-10-6-9(14)4-5-17-10/h4-6,11H,7-8H2,1-3H3. The zero-order valence-corrected chi connectivity index (χ0v) is 13.2. The number of rotatable bonds is 4. The number of alkyl halides is 2. The Hall–Kier alpha value is -1.24. The fourth-order valence-corrected chi connectivity index (χ4v) is 1.81. The van der Waals surface area contributed by atoms with Crippen molar-refractivity contribution in [1.29, 1.82) is 0 Å². The highest BCUT2D eigenvalue weighted by Crippen LogP contribution is 2.15. The zero-order valence-electron chi connectivity index (χ0n) is 11.6. The average Bonchev–Trinajstić information content (AvgIpc) is 2.25. The molecule has 0 aliphatic carbocycles. The highest BCUT2D eigenvalue weighted by molar-refractivity contribution is 9.10. The van der Waals surface area contributed by atoms with Crippen LogP contribution in [-0.4, -0.2) is 34.5 Å². The first-order valence-corrected chi connectivity index (χ1v) is 6.83. The van der Waals surface area contributed by atoms with E-state index in [1.807, 2.05) is 0 Å². The van der Waals surface area contributed by atoms with E-state index >= 15 is 0 Å². The molecule has 0 spiro atoms. The van der Waals surface area contributed by atoms with Crippen molar-refractivity contribution in [3.05, 3.63) is 28.5 Å². The molecule has 0 saturated heterocycles. The van der Waals surface area contributed by atoms with Crippen molar-refractivity contribution in [2.75, 3.05) is 6.54 Å². The number of hydrogen-bond donors (Lipinski definition) is 0. The van der Waals surface area contributed by atoms with Crippen molar-refractivity contribution in [3.63, 3.8) is 0 Å². The summed E-state index contributed by atoms with van der Waals surface area (Å²) in [5.74, 6) is 0. The molecule has 1 amide bonds. The lowest BCUT2D eigenvalue weighted by Gasteiger charge is -2.27. The van der Waals surface area contributed by atoms with E-state index in [0.29, 0.717) is 5.69 Å². The summed E-state index contributed by atoms with van der Waals surface area (Å²) in [6, 6.07) is 3.39. The van der Waals surface area contributed by atoms with Crippen LogP contribution in [0.4, 0.5) is 13.6 Å². The highest BCUT2D eigenvalue weighted by Gasteiger charge is 2.25. The first-order chi connectivity index (χ1) is 9.17. The maximum absolute atomic E-state index is 12.6. The van der Waals surface area contributed by atoms with Crippen LogP contribution in [0.3, 0.4) is 0 Å². The van der Waals surface area contributed by atoms with Gasteiger partial charge >= 0.3 is 6.09 Å². The van der Waals surface area contributed by atoms with Gasteiger partial charge in [0.1, 0.15) is 5.60 Å². The predicted octanol–water partition coefficient (Wildman–Crippen LogP) is 3.85. The SMILES string of the molecule is CC(C)(C)OC(=O)N(Cc1cc(Br)ccn1)CC(F)F. The largest absolute Gasteiger partial charge is 0.444 e. The number of amides is 1. The van der Waals surface area contributed by atoms with E-state index in [-0.39, 0.29) is 6.54 Å². The Labute approximate surface area is 125 Å². The number of nitrogens with zero attached hydrogens (tertiary/aromatic N) is 2. The van der Waals surface area contributed by atoms with Gasteiger partial charge in [-0.15, -0.1) is 0 Å². The topological polar surface area (TPSA) is 42.4 Å². The van der Waals surface area contributed by atoms with Crippen molar-refractivity contribution in [2.45, 2.75) is 39.3 Å². The number of carbonyl (C=O) groups excluding carboxylic acids is 1. The maximum atomic E-state index is 12.6. The summed E-state index contributed by atoms with van der Waals surface area (Å²) < 4.78 is 31.0. The quantitative estimate of drug-likeness (QED) is 0.828. The van der Waals surface area contributed by atoms with E-state index in [1.54, 1.807) is 32.9 Å². The smallest absolute Gasteiger partial charge is 0.410 e. The molecule has 0 aliphatic rings. The Morgan fingerprint density at radius 1 is 1.50 bits per heavy atom. The first-order valence-electron chi connectivity index (χ1n) is 6.04. The van der Waals surface area contributed by atoms with E-state index in [1.165, 1.54) is 6.20 Å². The van der Waals surface area contributed by atoms with E-state index in [9.17, 15) is 13.6 Å². The van der Waals surface area contributed by atoms with Crippen LogP contribution >= 0.6 is 15.9 Å². The number of carbonyl (C=O) groups is 1. The van der Waals surface area contributed by atoms with Gasteiger partial charge in [-0.3, -0.25) is 9.88 Å². The minimum Gasteiger partial charge on any atom is -0.444 e. The van der Waals surface area contributed by atoms with Crippen LogP contribution < -0.4 is 0 Å². The van der Waals surface area contributed by atoms with Crippen molar-refractivity contribution in [3.8, 4) is 0 Å². The number of hydrogen-bond acceptors (Lipinski definition) is 3. The van der Waals surface area contributed by atoms with Gasteiger partial charge in [-0.2, -0.15) is 0 Å². The molecule has 0 fully saturated rings. The lowest BCUT2D eigenvalue weighted by Crippen LogP contribution is -2.39. The summed E-state index contributed by atoms with van der Waals surface area (Å²) in [4.78, 5) is 16.9. The number of pyridine rings is 1. The first kappa shape index (κ1) is 16.8. The van der Waals surface area contributed by atoms with Crippen LogP contribution in [0.1, 0.15) is 26.5 Å². The summed E-state index contributed by atoms with van der Waals surface area (Å²) in [5.41, 5.74) is -0.229. The summed E-state index contributed by atoms with van der Waals surface area (Å²) in [5, 5.41) is 0. The fourth-order valence-electron chi connectivity index (χ4n) is 1.43. The molecule has 0 bridgehead atoms. The molecule has 0 atom stereocenters. The van der Waals surface area contributed by atoms with Crippen molar-refractivity contribution in [1.82, 2.24) is 9.88 Å². The summed E-state index contributed by atoms with van der Waals surface area (Å²) >= 11 is 3.27. The predicted molar refractivity (Wildman–Crippen MR) is 74.6 cm³/mol. The second-order valence-corrected chi connectivity index (χ2v) is 6.13. The fraction of sp³-hybridized carbons (Fsp3) is 0.538. The molecule has 1 aromatic heterocycles. The van der Waals surface area contributed by atoms with E-state index < -0.39 is 24.7 Å². The second kappa shape index (κ2) is 6.97. The van der Waals surface area contributed by atoms with Gasteiger partial charge in [0.25, 0.3) is 6.43 Å². The zero-order chi connectivity index (χ0) is 15.3. The maximum Gasteiger partial charge on any atom is 0.410 e. The minimum absolute atomic E-state index is 0.0291. The van der Waals surface area contributed by atoms with Gasteiger partial charge in [0, 0.05) is 10.7 Å². The summed E-state index contributed by atoms with van der Waals surface area (Å²) in [6.07, 6.45) is -1.87. The molecule has 7 heteroatoms. The van der Waals surface area contributed by atoms with Crippen molar-refractivity contribution in [2.24, 2.45) is 0 Å². The molecule has 112 valence electrons. The van der Waals surface area contributed by atoms with E-state index in [0.717, 1.165) is 9.37 Å². The van der Waals surface area contributed by atoms with Crippen molar-refractivity contribution < 1.29 is 18.3 Å². The molecule has 0 saturated carbocycles. The molecule has 0 radical (unpaired) electrons. The molecule has 0 aliphatic heterocycles. The molecule has 20 heavy (non-hydrogen) atoms. The molecule has 1 heterocycles. The molecular formula is C13H17BrF2N2O2. The van der Waals surface area contributed by atoms with Gasteiger partial charge < -0.3 is 4.74 Å². The Balaban J connectivity index is 2.81. The highest BCUT2D eigenvalue weighted by atomic mass is 79.9. The monoisotopic (exact) mass is 350 g/mol. The molecule has 4 nitrogen and oxygen atoms in total. The summed E-state index contributed by atoms with van der Waals surface area (Å²) in [6.45, 7) is 4.33. The van der Waals surface area contributed by atoms with Crippen LogP contribution in [0.15, 0.2) is 22.8 Å². The lowest BCUT2D eigenvalue weighted by atomic mass is 10.2. The van der Waals surface area contributed by atoms with Gasteiger partial charge in [0.15, 0.2) is 0 Å². The molecule has 1 aromatic rings. The number of ether oxygens (including phenoxy) is 1. The third kappa shape index (κ3) is 6.27. The normalized spacial score (nSPS) is 11.6. The van der Waals surface area contributed by atoms with Gasteiger partial charge in [-0.05, 0) is 32.9 Å². The van der Waals surface area contributed by atoms with Crippen LogP contribution in [0.2, 0.25) is 0 Å². The molecular weight excluding hydrogens is 334 g/mol. The second-order valence-electron chi connectivity index (χ2n) is 5.22. The Morgan fingerprint density at radius 2 is 2.15 bits per heavy atom. The average molecular weight is 351 g/mol. The van der Waals surface area contributed by atoms with Gasteiger partial charge in [0.05, 0.1) is 18.8 Å². The molecule has 0 aromatic carbocycles. The Bertz CT molecular complexity index is 464. The van der Waals surface area contributed by atoms with Gasteiger partial charge in [-0.1, -0.05) is 15.9 Å². The Morgan fingerprint density at radius 3 is 2.65 bits per heavy atom. The van der Waals surface area contributed by atoms with E-state index in [4.69, 9.17) is 4.74 Å². The van der Waals surface area contributed by atoms with Gasteiger partial charge in [-0.25, -0.2) is 13.6 Å². The van der Waals surface area contributed by atoms with E-state index in [2.05, 4.69) is 20.9 Å². The Kier molecular flexibility index (Phi) is 5.86. The van der Waals surface area contributed by atoms with Crippen LogP contribution in [-0.2, 0) is 11.3 Å². The lowest BCUT2D eigenvalue weighted by molar-refractivity contribution is 0.00789. The molecule has 0 unspecified atom stereocenters. The van der Waals surface area contributed by atoms with Crippen LogP contribution in [0.25, 0.3) is 0 Å². The molecule has 1 rings (SSSR count). The van der Waals surface area contributed by atoms with Crippen LogP contribution in [0, 0.1) is 0 Å². The number of halogens is 3. The van der Waals surface area contributed by atoms with Crippen molar-refractivity contribution >= 4 is 22.0 Å². The van der Waals surface area contributed by atoms with Crippen LogP contribution in [0.5, 0.6) is 0 Å². The minimum atomic E-state index is -2.63. The summed E-state index contributed by atoms with van der Waals surface area (Å²) in [7, 11) is 0.